The molecule has 0 spiro atoms. The Morgan fingerprint density at radius 3 is 2.79 bits per heavy atom. The van der Waals surface area contributed by atoms with Crippen LogP contribution in [0.25, 0.3) is 0 Å². The van der Waals surface area contributed by atoms with Crippen LogP contribution in [0.5, 0.6) is 5.75 Å². The van der Waals surface area contributed by atoms with E-state index in [4.69, 9.17) is 0 Å². The molecule has 1 fully saturated rings. The molecule has 0 aliphatic heterocycles. The van der Waals surface area contributed by atoms with Crippen LogP contribution in [0.4, 0.5) is 0 Å². The Kier molecular flexibility index (Phi) is 2.59. The van der Waals surface area contributed by atoms with Gasteiger partial charge in [0.15, 0.2) is 0 Å². The second-order valence-corrected chi connectivity index (χ2v) is 4.44. The van der Waals surface area contributed by atoms with Crippen molar-refractivity contribution >= 4 is 21.7 Å². The third-order valence-corrected chi connectivity index (χ3v) is 3.37. The number of ketones is 1. The van der Waals surface area contributed by atoms with E-state index < -0.39 is 0 Å². The minimum atomic E-state index is -0.106. The average molecular weight is 255 g/mol. The van der Waals surface area contributed by atoms with Gasteiger partial charge in [-0.1, -0.05) is 22.0 Å². The number of Topliss-reactive ketones (excluding diaryl/α,β-unsaturated/α-hetero) is 1. The van der Waals surface area contributed by atoms with Crippen LogP contribution >= 0.6 is 15.9 Å². The van der Waals surface area contributed by atoms with Gasteiger partial charge in [0.05, 0.1) is 0 Å². The second kappa shape index (κ2) is 3.73. The molecular formula is C11H11BrO2. The minimum Gasteiger partial charge on any atom is -0.508 e. The predicted molar refractivity (Wildman–Crippen MR) is 57.4 cm³/mol. The first-order valence-electron chi connectivity index (χ1n) is 4.70. The highest BCUT2D eigenvalue weighted by Gasteiger charge is 2.29. The molecule has 0 bridgehead atoms. The van der Waals surface area contributed by atoms with E-state index in [0.717, 1.165) is 22.9 Å². The summed E-state index contributed by atoms with van der Waals surface area (Å²) in [4.78, 5) is 11.5. The number of rotatable bonds is 1. The predicted octanol–water partition coefficient (Wildman–Crippen LogP) is 2.99. The third kappa shape index (κ3) is 1.57. The van der Waals surface area contributed by atoms with Crippen molar-refractivity contribution < 1.29 is 9.90 Å². The number of phenolic OH excluding ortho intramolecular Hbond substituents is 1. The van der Waals surface area contributed by atoms with Crippen LogP contribution in [0, 0.1) is 0 Å². The molecule has 0 radical (unpaired) electrons. The second-order valence-electron chi connectivity index (χ2n) is 3.58. The molecule has 2 nitrogen and oxygen atoms in total. The van der Waals surface area contributed by atoms with Gasteiger partial charge in [0.2, 0.25) is 0 Å². The first-order valence-corrected chi connectivity index (χ1v) is 5.49. The van der Waals surface area contributed by atoms with Gasteiger partial charge in [-0.05, 0) is 25.0 Å². The number of carbonyl (C=O) groups is 1. The maximum Gasteiger partial charge on any atom is 0.140 e. The highest BCUT2D eigenvalue weighted by Crippen LogP contribution is 2.39. The van der Waals surface area contributed by atoms with Crippen LogP contribution in [0.15, 0.2) is 22.7 Å². The smallest absolute Gasteiger partial charge is 0.140 e. The van der Waals surface area contributed by atoms with Gasteiger partial charge in [0.25, 0.3) is 0 Å². The third-order valence-electron chi connectivity index (χ3n) is 2.68. The van der Waals surface area contributed by atoms with Gasteiger partial charge in [0.1, 0.15) is 11.5 Å². The molecule has 74 valence electrons. The molecular weight excluding hydrogens is 244 g/mol. The summed E-state index contributed by atoms with van der Waals surface area (Å²) in [5.74, 6) is 0.359. The van der Waals surface area contributed by atoms with Crippen molar-refractivity contribution in [2.45, 2.75) is 25.2 Å². The van der Waals surface area contributed by atoms with E-state index >= 15 is 0 Å². The maximum atomic E-state index is 11.5. The number of aromatic hydroxyl groups is 1. The SMILES string of the molecule is O=C1CCCC1c1c(O)cccc1Br. The Balaban J connectivity index is 2.44. The number of phenols is 1. The van der Waals surface area contributed by atoms with Crippen LogP contribution in [0.3, 0.4) is 0 Å². The van der Waals surface area contributed by atoms with Crippen LogP contribution in [0.2, 0.25) is 0 Å². The molecule has 0 aromatic heterocycles. The van der Waals surface area contributed by atoms with Crippen molar-refractivity contribution in [3.8, 4) is 5.75 Å². The molecule has 3 heteroatoms. The maximum absolute atomic E-state index is 11.5. The lowest BCUT2D eigenvalue weighted by atomic mass is 9.96. The van der Waals surface area contributed by atoms with E-state index in [1.165, 1.54) is 0 Å². The molecule has 1 saturated carbocycles. The Morgan fingerprint density at radius 1 is 1.43 bits per heavy atom. The molecule has 14 heavy (non-hydrogen) atoms. The number of benzene rings is 1. The highest BCUT2D eigenvalue weighted by molar-refractivity contribution is 9.10. The number of halogens is 1. The van der Waals surface area contributed by atoms with Gasteiger partial charge in [-0.25, -0.2) is 0 Å². The van der Waals surface area contributed by atoms with Gasteiger partial charge in [-0.3, -0.25) is 4.79 Å². The van der Waals surface area contributed by atoms with E-state index in [1.54, 1.807) is 12.1 Å². The molecule has 1 unspecified atom stereocenters. The molecule has 1 N–H and O–H groups in total. The summed E-state index contributed by atoms with van der Waals surface area (Å²) in [5.41, 5.74) is 0.759. The monoisotopic (exact) mass is 254 g/mol. The van der Waals surface area contributed by atoms with E-state index in [2.05, 4.69) is 15.9 Å². The number of hydrogen-bond acceptors (Lipinski definition) is 2. The largest absolute Gasteiger partial charge is 0.508 e. The van der Waals surface area contributed by atoms with E-state index in [1.807, 2.05) is 6.07 Å². The summed E-state index contributed by atoms with van der Waals surface area (Å²) in [6.45, 7) is 0. The highest BCUT2D eigenvalue weighted by atomic mass is 79.9. The topological polar surface area (TPSA) is 37.3 Å². The van der Waals surface area contributed by atoms with Crippen molar-refractivity contribution in [3.05, 3.63) is 28.2 Å². The fourth-order valence-electron chi connectivity index (χ4n) is 1.99. The quantitative estimate of drug-likeness (QED) is 0.837. The first kappa shape index (κ1) is 9.71. The lowest BCUT2D eigenvalue weighted by Crippen LogP contribution is -2.05. The fourth-order valence-corrected chi connectivity index (χ4v) is 2.62. The summed E-state index contributed by atoms with van der Waals surface area (Å²) in [7, 11) is 0. The van der Waals surface area contributed by atoms with Gasteiger partial charge in [-0.15, -0.1) is 0 Å². The molecule has 1 aromatic rings. The van der Waals surface area contributed by atoms with Crippen LogP contribution in [-0.2, 0) is 4.79 Å². The fraction of sp³-hybridized carbons (Fsp3) is 0.364. The molecule has 1 aromatic carbocycles. The minimum absolute atomic E-state index is 0.106. The molecule has 1 aliphatic carbocycles. The zero-order valence-electron chi connectivity index (χ0n) is 7.66. The summed E-state index contributed by atoms with van der Waals surface area (Å²) in [6, 6.07) is 5.26. The van der Waals surface area contributed by atoms with Crippen molar-refractivity contribution in [3.63, 3.8) is 0 Å². The Labute approximate surface area is 91.1 Å². The van der Waals surface area contributed by atoms with Gasteiger partial charge in [0, 0.05) is 22.4 Å². The molecule has 2 rings (SSSR count). The van der Waals surface area contributed by atoms with E-state index in [0.29, 0.717) is 6.42 Å². The molecule has 1 aliphatic rings. The van der Waals surface area contributed by atoms with Gasteiger partial charge in [-0.2, -0.15) is 0 Å². The Morgan fingerprint density at radius 2 is 2.21 bits per heavy atom. The lowest BCUT2D eigenvalue weighted by Gasteiger charge is -2.12. The van der Waals surface area contributed by atoms with Crippen molar-refractivity contribution in [2.24, 2.45) is 0 Å². The molecule has 1 atom stereocenters. The normalized spacial score (nSPS) is 21.5. The van der Waals surface area contributed by atoms with Crippen molar-refractivity contribution in [1.82, 2.24) is 0 Å². The van der Waals surface area contributed by atoms with Crippen LogP contribution < -0.4 is 0 Å². The van der Waals surface area contributed by atoms with Crippen LogP contribution in [0.1, 0.15) is 30.7 Å². The van der Waals surface area contributed by atoms with E-state index in [-0.39, 0.29) is 17.5 Å². The number of hydrogen-bond donors (Lipinski definition) is 1. The van der Waals surface area contributed by atoms with E-state index in [9.17, 15) is 9.90 Å². The molecule has 0 amide bonds. The first-order chi connectivity index (χ1) is 6.70. The van der Waals surface area contributed by atoms with Gasteiger partial charge < -0.3 is 5.11 Å². The van der Waals surface area contributed by atoms with Gasteiger partial charge >= 0.3 is 0 Å². The zero-order valence-corrected chi connectivity index (χ0v) is 9.25. The summed E-state index contributed by atoms with van der Waals surface area (Å²) in [6.07, 6.45) is 2.44. The Hall–Kier alpha value is -0.830. The summed E-state index contributed by atoms with van der Waals surface area (Å²) >= 11 is 3.37. The lowest BCUT2D eigenvalue weighted by molar-refractivity contribution is -0.118. The summed E-state index contributed by atoms with van der Waals surface area (Å²) < 4.78 is 0.831. The molecule has 0 heterocycles. The zero-order chi connectivity index (χ0) is 10.1. The summed E-state index contributed by atoms with van der Waals surface area (Å²) in [5, 5.41) is 9.69. The molecule has 0 saturated heterocycles. The van der Waals surface area contributed by atoms with Crippen molar-refractivity contribution in [2.75, 3.05) is 0 Å². The number of carbonyl (C=O) groups excluding carboxylic acids is 1. The standard InChI is InChI=1S/C11H11BrO2/c12-8-4-2-6-10(14)11(8)7-3-1-5-9(7)13/h2,4,6-7,14H,1,3,5H2. The average Bonchev–Trinajstić information content (AvgIpc) is 2.52. The van der Waals surface area contributed by atoms with Crippen molar-refractivity contribution in [1.29, 1.82) is 0 Å². The Bertz CT molecular complexity index is 353. The van der Waals surface area contributed by atoms with Crippen LogP contribution in [-0.4, -0.2) is 10.9 Å².